The molecule has 0 spiro atoms. The topological polar surface area (TPSA) is 88.6 Å². The van der Waals surface area contributed by atoms with Gasteiger partial charge in [-0.2, -0.15) is 17.5 Å². The van der Waals surface area contributed by atoms with Gasteiger partial charge in [-0.3, -0.25) is 9.78 Å². The second-order valence-corrected chi connectivity index (χ2v) is 7.61. The van der Waals surface area contributed by atoms with Gasteiger partial charge in [0.2, 0.25) is 10.0 Å². The maximum Gasteiger partial charge on any atom is 0.471 e. The first-order chi connectivity index (χ1) is 13.1. The Morgan fingerprint density at radius 3 is 2.43 bits per heavy atom. The average Bonchev–Trinajstić information content (AvgIpc) is 2.65. The fourth-order valence-corrected chi connectivity index (χ4v) is 3.65. The highest BCUT2D eigenvalue weighted by Gasteiger charge is 2.38. The van der Waals surface area contributed by atoms with Gasteiger partial charge in [0.15, 0.2) is 0 Å². The number of carbonyl (C=O) groups excluding carboxylic acids is 1. The molecule has 1 N–H and O–H groups in total. The molecule has 0 atom stereocenters. The van der Waals surface area contributed by atoms with Crippen LogP contribution in [0.2, 0.25) is 0 Å². The van der Waals surface area contributed by atoms with E-state index in [0.29, 0.717) is 5.56 Å². The van der Waals surface area contributed by atoms with E-state index in [2.05, 4.69) is 4.98 Å². The normalized spacial score (nSPS) is 12.2. The molecule has 0 aliphatic rings. The van der Waals surface area contributed by atoms with E-state index in [1.54, 1.807) is 23.6 Å². The number of amides is 1. The van der Waals surface area contributed by atoms with Crippen LogP contribution in [0.1, 0.15) is 5.56 Å². The Bertz CT molecular complexity index is 888. The zero-order valence-corrected chi connectivity index (χ0v) is 15.6. The van der Waals surface area contributed by atoms with Crippen LogP contribution >= 0.6 is 0 Å². The van der Waals surface area contributed by atoms with Crippen LogP contribution in [-0.4, -0.2) is 50.1 Å². The van der Waals surface area contributed by atoms with Gasteiger partial charge in [0.05, 0.1) is 11.5 Å². The van der Waals surface area contributed by atoms with Crippen LogP contribution in [0, 0.1) is 0 Å². The van der Waals surface area contributed by atoms with Crippen molar-refractivity contribution >= 4 is 21.6 Å². The number of carbonyl (C=O) groups is 1. The molecule has 1 aromatic carbocycles. The quantitative estimate of drug-likeness (QED) is 0.713. The van der Waals surface area contributed by atoms with Crippen molar-refractivity contribution in [2.45, 2.75) is 17.6 Å². The minimum absolute atomic E-state index is 0.0477. The first kappa shape index (κ1) is 21.8. The van der Waals surface area contributed by atoms with E-state index in [-0.39, 0.29) is 30.3 Å². The number of rotatable bonds is 8. The Morgan fingerprint density at radius 2 is 1.89 bits per heavy atom. The van der Waals surface area contributed by atoms with Gasteiger partial charge in [0.1, 0.15) is 0 Å². The van der Waals surface area contributed by atoms with E-state index in [9.17, 15) is 26.4 Å². The van der Waals surface area contributed by atoms with Crippen molar-refractivity contribution in [2.24, 2.45) is 0 Å². The molecule has 1 heterocycles. The van der Waals surface area contributed by atoms with Gasteiger partial charge in [0, 0.05) is 38.3 Å². The number of methoxy groups -OCH3 is 1. The number of halogens is 3. The molecular weight excluding hydrogens is 399 g/mol. The molecule has 7 nitrogen and oxygen atoms in total. The van der Waals surface area contributed by atoms with Gasteiger partial charge in [-0.05, 0) is 35.9 Å². The highest BCUT2D eigenvalue weighted by Crippen LogP contribution is 2.22. The number of benzene rings is 1. The Balaban J connectivity index is 2.22. The van der Waals surface area contributed by atoms with Crippen molar-refractivity contribution in [1.82, 2.24) is 9.29 Å². The fraction of sp³-hybridized carbons (Fsp3) is 0.294. The molecule has 0 unspecified atom stereocenters. The second kappa shape index (κ2) is 9.13. The molecule has 0 saturated carbocycles. The van der Waals surface area contributed by atoms with Crippen LogP contribution in [-0.2, 0) is 26.1 Å². The molecule has 0 fully saturated rings. The van der Waals surface area contributed by atoms with Gasteiger partial charge in [-0.15, -0.1) is 0 Å². The van der Waals surface area contributed by atoms with Gasteiger partial charge >= 0.3 is 12.1 Å². The van der Waals surface area contributed by atoms with Gasteiger partial charge < -0.3 is 10.1 Å². The number of pyridine rings is 1. The third-order valence-electron chi connectivity index (χ3n) is 3.63. The lowest BCUT2D eigenvalue weighted by atomic mass is 10.3. The van der Waals surface area contributed by atoms with E-state index in [1.165, 1.54) is 17.6 Å². The van der Waals surface area contributed by atoms with Crippen LogP contribution in [0.4, 0.5) is 18.9 Å². The summed E-state index contributed by atoms with van der Waals surface area (Å²) in [4.78, 5) is 14.8. The van der Waals surface area contributed by atoms with Crippen molar-refractivity contribution in [1.29, 1.82) is 0 Å². The highest BCUT2D eigenvalue weighted by atomic mass is 32.2. The summed E-state index contributed by atoms with van der Waals surface area (Å²) in [5.41, 5.74) is 0.494. The molecule has 28 heavy (non-hydrogen) atoms. The number of ether oxygens (including phenoxy) is 1. The molecule has 0 aliphatic heterocycles. The number of anilines is 1. The number of hydrogen-bond donors (Lipinski definition) is 1. The van der Waals surface area contributed by atoms with Gasteiger partial charge in [-0.1, -0.05) is 6.07 Å². The Morgan fingerprint density at radius 1 is 1.21 bits per heavy atom. The first-order valence-electron chi connectivity index (χ1n) is 8.01. The lowest BCUT2D eigenvalue weighted by Gasteiger charge is -2.22. The standard InChI is InChI=1S/C17H18F3N3O4S/c1-27-10-9-23(12-13-3-2-8-21-11-13)28(25,26)15-6-4-14(5-7-15)22-16(24)17(18,19)20/h2-8,11H,9-10,12H2,1H3,(H,22,24). The summed E-state index contributed by atoms with van der Waals surface area (Å²) >= 11 is 0. The molecule has 152 valence electrons. The number of nitrogens with one attached hydrogen (secondary N) is 1. The molecular formula is C17H18F3N3O4S. The molecule has 0 bridgehead atoms. The highest BCUT2D eigenvalue weighted by molar-refractivity contribution is 7.89. The molecule has 1 amide bonds. The summed E-state index contributed by atoms with van der Waals surface area (Å²) in [6, 6.07) is 7.84. The van der Waals surface area contributed by atoms with Crippen LogP contribution in [0.5, 0.6) is 0 Å². The zero-order valence-electron chi connectivity index (χ0n) is 14.8. The Labute approximate surface area is 160 Å². The van der Waals surface area contributed by atoms with Crippen LogP contribution in [0.3, 0.4) is 0 Å². The summed E-state index contributed by atoms with van der Waals surface area (Å²) in [7, 11) is -2.52. The first-order valence-corrected chi connectivity index (χ1v) is 9.45. The predicted molar refractivity (Wildman–Crippen MR) is 94.8 cm³/mol. The van der Waals surface area contributed by atoms with E-state index in [0.717, 1.165) is 24.3 Å². The van der Waals surface area contributed by atoms with E-state index in [1.807, 2.05) is 0 Å². The summed E-state index contributed by atoms with van der Waals surface area (Å²) in [6.07, 6.45) is -1.94. The maximum absolute atomic E-state index is 12.9. The number of alkyl halides is 3. The largest absolute Gasteiger partial charge is 0.471 e. The summed E-state index contributed by atoms with van der Waals surface area (Å²) in [5, 5.41) is 1.66. The third-order valence-corrected chi connectivity index (χ3v) is 5.49. The van der Waals surface area contributed by atoms with Gasteiger partial charge in [0.25, 0.3) is 0 Å². The lowest BCUT2D eigenvalue weighted by Crippen LogP contribution is -2.33. The molecule has 0 saturated heterocycles. The number of sulfonamides is 1. The number of nitrogens with zero attached hydrogens (tertiary/aromatic N) is 2. The summed E-state index contributed by atoms with van der Waals surface area (Å²) in [5.74, 6) is -2.14. The zero-order chi connectivity index (χ0) is 20.8. The van der Waals surface area contributed by atoms with Crippen molar-refractivity contribution in [2.75, 3.05) is 25.6 Å². The average molecular weight is 417 g/mol. The molecule has 0 aliphatic carbocycles. The van der Waals surface area contributed by atoms with Crippen molar-refractivity contribution in [3.8, 4) is 0 Å². The van der Waals surface area contributed by atoms with Crippen LogP contribution < -0.4 is 5.32 Å². The molecule has 1 aromatic heterocycles. The smallest absolute Gasteiger partial charge is 0.383 e. The number of aromatic nitrogens is 1. The summed E-state index contributed by atoms with van der Waals surface area (Å²) < 4.78 is 68.9. The molecule has 0 radical (unpaired) electrons. The number of hydrogen-bond acceptors (Lipinski definition) is 5. The fourth-order valence-electron chi connectivity index (χ4n) is 2.23. The third kappa shape index (κ3) is 5.75. The molecule has 11 heteroatoms. The van der Waals surface area contributed by atoms with E-state index < -0.39 is 22.1 Å². The van der Waals surface area contributed by atoms with Crippen LogP contribution in [0.25, 0.3) is 0 Å². The van der Waals surface area contributed by atoms with Crippen LogP contribution in [0.15, 0.2) is 53.7 Å². The SMILES string of the molecule is COCCN(Cc1cccnc1)S(=O)(=O)c1ccc(NC(=O)C(F)(F)F)cc1. The minimum Gasteiger partial charge on any atom is -0.383 e. The van der Waals surface area contributed by atoms with Gasteiger partial charge in [-0.25, -0.2) is 8.42 Å². The van der Waals surface area contributed by atoms with Crippen molar-refractivity contribution < 1.29 is 31.1 Å². The van der Waals surface area contributed by atoms with Crippen molar-refractivity contribution in [3.05, 3.63) is 54.4 Å². The molecule has 2 rings (SSSR count). The monoisotopic (exact) mass is 417 g/mol. The summed E-state index contributed by atoms with van der Waals surface area (Å²) in [6.45, 7) is 0.269. The van der Waals surface area contributed by atoms with E-state index >= 15 is 0 Å². The maximum atomic E-state index is 12.9. The lowest BCUT2D eigenvalue weighted by molar-refractivity contribution is -0.167. The Kier molecular flexibility index (Phi) is 7.11. The minimum atomic E-state index is -5.04. The molecule has 2 aromatic rings. The predicted octanol–water partition coefficient (Wildman–Crippen LogP) is 2.42. The van der Waals surface area contributed by atoms with E-state index in [4.69, 9.17) is 4.74 Å². The second-order valence-electron chi connectivity index (χ2n) is 5.67. The Hall–Kier alpha value is -2.50. The van der Waals surface area contributed by atoms with Crippen molar-refractivity contribution in [3.63, 3.8) is 0 Å².